The molecule has 1 unspecified atom stereocenters. The third-order valence-electron chi connectivity index (χ3n) is 5.79. The number of hydrogen-bond donors (Lipinski definition) is 0. The number of rotatable bonds is 2. The van der Waals surface area contributed by atoms with Gasteiger partial charge in [-0.25, -0.2) is 4.39 Å². The van der Waals surface area contributed by atoms with E-state index in [9.17, 15) is 9.18 Å². The highest BCUT2D eigenvalue weighted by atomic mass is 19.1. The summed E-state index contributed by atoms with van der Waals surface area (Å²) in [5.74, 6) is -0.230. The summed E-state index contributed by atoms with van der Waals surface area (Å²) in [7, 11) is 0. The highest BCUT2D eigenvalue weighted by Crippen LogP contribution is 2.47. The lowest BCUT2D eigenvalue weighted by Gasteiger charge is -2.35. The second-order valence-electron chi connectivity index (χ2n) is 8.05. The maximum Gasteiger partial charge on any atom is 0.272 e. The van der Waals surface area contributed by atoms with E-state index in [4.69, 9.17) is 0 Å². The van der Waals surface area contributed by atoms with Gasteiger partial charge in [-0.2, -0.15) is 0 Å². The van der Waals surface area contributed by atoms with E-state index >= 15 is 0 Å². The summed E-state index contributed by atoms with van der Waals surface area (Å²) in [5, 5.41) is 0. The number of amides is 1. The van der Waals surface area contributed by atoms with Crippen molar-refractivity contribution in [2.24, 2.45) is 0 Å². The Labute approximate surface area is 153 Å². The first kappa shape index (κ1) is 17.0. The van der Waals surface area contributed by atoms with Crippen LogP contribution in [0.4, 0.5) is 10.1 Å². The first-order valence-corrected chi connectivity index (χ1v) is 9.18. The first-order chi connectivity index (χ1) is 12.4. The molecular weight excluding hydrogens is 329 g/mol. The summed E-state index contributed by atoms with van der Waals surface area (Å²) >= 11 is 0. The fraction of sp³-hybridized carbons (Fsp3) is 0.429. The minimum atomic E-state index is -0.230. The molecule has 136 valence electrons. The topological polar surface area (TPSA) is 36.4 Å². The molecular formula is C21H24FN3O. The quantitative estimate of drug-likeness (QED) is 0.822. The highest BCUT2D eigenvalue weighted by molar-refractivity contribution is 5.93. The number of nitrogens with zero attached hydrogens (tertiary/aromatic N) is 3. The molecule has 2 fully saturated rings. The van der Waals surface area contributed by atoms with Crippen LogP contribution in [0.5, 0.6) is 0 Å². The van der Waals surface area contributed by atoms with E-state index in [0.717, 1.165) is 38.0 Å². The summed E-state index contributed by atoms with van der Waals surface area (Å²) in [6.45, 7) is 5.83. The van der Waals surface area contributed by atoms with Crippen LogP contribution in [0.25, 0.3) is 0 Å². The molecule has 1 aromatic heterocycles. The Hall–Kier alpha value is -2.43. The molecule has 1 amide bonds. The maximum atomic E-state index is 13.8. The van der Waals surface area contributed by atoms with Gasteiger partial charge in [-0.05, 0) is 63.4 Å². The number of pyridine rings is 1. The number of anilines is 1. The Bertz CT molecular complexity index is 823. The van der Waals surface area contributed by atoms with E-state index in [2.05, 4.69) is 23.7 Å². The third-order valence-corrected chi connectivity index (χ3v) is 5.79. The Morgan fingerprint density at radius 3 is 2.77 bits per heavy atom. The Morgan fingerprint density at radius 2 is 2.04 bits per heavy atom. The van der Waals surface area contributed by atoms with E-state index in [1.54, 1.807) is 24.4 Å². The van der Waals surface area contributed by atoms with Crippen LogP contribution in [-0.2, 0) is 0 Å². The molecule has 2 aromatic rings. The van der Waals surface area contributed by atoms with E-state index in [1.165, 1.54) is 6.07 Å². The molecule has 4 nitrogen and oxygen atoms in total. The largest absolute Gasteiger partial charge is 0.364 e. The van der Waals surface area contributed by atoms with Gasteiger partial charge in [-0.3, -0.25) is 9.78 Å². The molecule has 1 aromatic carbocycles. The smallest absolute Gasteiger partial charge is 0.272 e. The summed E-state index contributed by atoms with van der Waals surface area (Å²) < 4.78 is 13.8. The SMILES string of the molecule is CC1(C)CC2(CCCN2C(=O)c2ccccn2)CN1c1cccc(F)c1. The summed E-state index contributed by atoms with van der Waals surface area (Å²) in [5.41, 5.74) is 1.00. The summed E-state index contributed by atoms with van der Waals surface area (Å²) in [6.07, 6.45) is 4.50. The lowest BCUT2D eigenvalue weighted by Crippen LogP contribution is -2.49. The molecule has 1 atom stereocenters. The minimum absolute atomic E-state index is 0.00000719. The molecule has 3 heterocycles. The molecule has 1 spiro atoms. The van der Waals surface area contributed by atoms with Crippen LogP contribution < -0.4 is 4.90 Å². The zero-order chi connectivity index (χ0) is 18.4. The minimum Gasteiger partial charge on any atom is -0.364 e. The molecule has 0 radical (unpaired) electrons. The molecule has 2 saturated heterocycles. The Kier molecular flexibility index (Phi) is 3.98. The van der Waals surface area contributed by atoms with Gasteiger partial charge in [0.15, 0.2) is 0 Å². The number of likely N-dealkylation sites (tertiary alicyclic amines) is 1. The van der Waals surface area contributed by atoms with E-state index in [1.807, 2.05) is 23.1 Å². The normalized spacial score (nSPS) is 24.4. The van der Waals surface area contributed by atoms with Crippen molar-refractivity contribution in [1.82, 2.24) is 9.88 Å². The molecule has 5 heteroatoms. The zero-order valence-electron chi connectivity index (χ0n) is 15.3. The van der Waals surface area contributed by atoms with Crippen molar-refractivity contribution < 1.29 is 9.18 Å². The molecule has 4 rings (SSSR count). The second kappa shape index (κ2) is 6.08. The standard InChI is InChI=1S/C21H24FN3O/c1-20(2)14-21(15-25(20)17-8-5-7-16(22)13-17)10-6-12-24(21)19(26)18-9-3-4-11-23-18/h3-5,7-9,11,13H,6,10,12,14-15H2,1-2H3. The van der Waals surface area contributed by atoms with Gasteiger partial charge in [0.1, 0.15) is 11.5 Å². The van der Waals surface area contributed by atoms with Crippen LogP contribution in [0, 0.1) is 5.82 Å². The molecule has 0 aliphatic carbocycles. The van der Waals surface area contributed by atoms with E-state index < -0.39 is 0 Å². The predicted octanol–water partition coefficient (Wildman–Crippen LogP) is 3.88. The zero-order valence-corrected chi connectivity index (χ0v) is 15.3. The Balaban J connectivity index is 1.67. The molecule has 2 aliphatic heterocycles. The average Bonchev–Trinajstić information content (AvgIpc) is 3.14. The van der Waals surface area contributed by atoms with E-state index in [-0.39, 0.29) is 22.8 Å². The van der Waals surface area contributed by atoms with Gasteiger partial charge in [-0.1, -0.05) is 12.1 Å². The number of carbonyl (C=O) groups is 1. The van der Waals surface area contributed by atoms with Crippen LogP contribution in [-0.4, -0.2) is 40.0 Å². The molecule has 0 saturated carbocycles. The lowest BCUT2D eigenvalue weighted by atomic mass is 9.87. The van der Waals surface area contributed by atoms with Crippen molar-refractivity contribution in [2.75, 3.05) is 18.0 Å². The van der Waals surface area contributed by atoms with Crippen LogP contribution in [0.2, 0.25) is 0 Å². The van der Waals surface area contributed by atoms with Crippen LogP contribution in [0.15, 0.2) is 48.7 Å². The van der Waals surface area contributed by atoms with E-state index in [0.29, 0.717) is 5.69 Å². The van der Waals surface area contributed by atoms with Crippen molar-refractivity contribution in [3.63, 3.8) is 0 Å². The monoisotopic (exact) mass is 353 g/mol. The Morgan fingerprint density at radius 1 is 1.19 bits per heavy atom. The van der Waals surface area contributed by atoms with Crippen LogP contribution in [0.3, 0.4) is 0 Å². The van der Waals surface area contributed by atoms with Gasteiger partial charge in [-0.15, -0.1) is 0 Å². The number of carbonyl (C=O) groups excluding carboxylic acids is 1. The van der Waals surface area contributed by atoms with Gasteiger partial charge >= 0.3 is 0 Å². The van der Waals surface area contributed by atoms with Crippen LogP contribution >= 0.6 is 0 Å². The van der Waals surface area contributed by atoms with Gasteiger partial charge in [0, 0.05) is 30.5 Å². The van der Waals surface area contributed by atoms with Crippen molar-refractivity contribution in [3.8, 4) is 0 Å². The van der Waals surface area contributed by atoms with Gasteiger partial charge in [0.25, 0.3) is 5.91 Å². The number of hydrogen-bond acceptors (Lipinski definition) is 3. The second-order valence-corrected chi connectivity index (χ2v) is 8.05. The van der Waals surface area contributed by atoms with Crippen molar-refractivity contribution in [3.05, 3.63) is 60.2 Å². The summed E-state index contributed by atoms with van der Waals surface area (Å²) in [6, 6.07) is 12.2. The third kappa shape index (κ3) is 2.75. The summed E-state index contributed by atoms with van der Waals surface area (Å²) in [4.78, 5) is 21.6. The lowest BCUT2D eigenvalue weighted by molar-refractivity contribution is 0.0611. The van der Waals surface area contributed by atoms with Gasteiger partial charge < -0.3 is 9.80 Å². The van der Waals surface area contributed by atoms with Crippen molar-refractivity contribution in [1.29, 1.82) is 0 Å². The number of aromatic nitrogens is 1. The van der Waals surface area contributed by atoms with Gasteiger partial charge in [0.05, 0.1) is 5.54 Å². The fourth-order valence-electron chi connectivity index (χ4n) is 4.78. The number of halogens is 1. The predicted molar refractivity (Wildman–Crippen MR) is 99.7 cm³/mol. The van der Waals surface area contributed by atoms with Crippen LogP contribution in [0.1, 0.15) is 43.6 Å². The maximum absolute atomic E-state index is 13.8. The van der Waals surface area contributed by atoms with Gasteiger partial charge in [0.2, 0.25) is 0 Å². The first-order valence-electron chi connectivity index (χ1n) is 9.18. The molecule has 0 bridgehead atoms. The molecule has 26 heavy (non-hydrogen) atoms. The van der Waals surface area contributed by atoms with Crippen molar-refractivity contribution >= 4 is 11.6 Å². The average molecular weight is 353 g/mol. The molecule has 2 aliphatic rings. The highest BCUT2D eigenvalue weighted by Gasteiger charge is 2.55. The fourth-order valence-corrected chi connectivity index (χ4v) is 4.78. The van der Waals surface area contributed by atoms with Crippen molar-refractivity contribution in [2.45, 2.75) is 44.2 Å². The number of benzene rings is 1. The molecule has 0 N–H and O–H groups in total.